The zero-order valence-corrected chi connectivity index (χ0v) is 13.3. The second-order valence-corrected chi connectivity index (χ2v) is 4.57. The summed E-state index contributed by atoms with van der Waals surface area (Å²) in [6.45, 7) is 8.19. The van der Waals surface area contributed by atoms with Crippen LogP contribution in [0.3, 0.4) is 0 Å². The van der Waals surface area contributed by atoms with Crippen molar-refractivity contribution >= 4 is 11.8 Å². The number of hydrogen-bond donors (Lipinski definition) is 1. The highest BCUT2D eigenvalue weighted by Crippen LogP contribution is 2.16. The van der Waals surface area contributed by atoms with Crippen LogP contribution in [0.1, 0.15) is 0 Å². The number of nitrogens with zero attached hydrogens (tertiary/aromatic N) is 1. The molecule has 0 aromatic heterocycles. The molecule has 0 radical (unpaired) electrons. The van der Waals surface area contributed by atoms with Gasteiger partial charge in [-0.3, -0.25) is 9.59 Å². The molecule has 2 amide bonds. The Bertz CT molecular complexity index is 530. The Morgan fingerprint density at radius 2 is 1.70 bits per heavy atom. The van der Waals surface area contributed by atoms with Crippen molar-refractivity contribution in [2.45, 2.75) is 0 Å². The maximum absolute atomic E-state index is 11.9. The molecule has 1 aromatic rings. The number of methoxy groups -OCH3 is 1. The van der Waals surface area contributed by atoms with Gasteiger partial charge in [-0.25, -0.2) is 0 Å². The fourth-order valence-electron chi connectivity index (χ4n) is 1.78. The number of amides is 2. The van der Waals surface area contributed by atoms with Crippen molar-refractivity contribution in [1.82, 2.24) is 10.2 Å². The van der Waals surface area contributed by atoms with E-state index in [9.17, 15) is 9.59 Å². The van der Waals surface area contributed by atoms with E-state index in [0.717, 1.165) is 5.75 Å². The molecule has 0 aliphatic heterocycles. The highest BCUT2D eigenvalue weighted by molar-refractivity contribution is 6.35. The Kier molecular flexibility index (Phi) is 7.99. The molecule has 1 N–H and O–H groups in total. The molecular weight excluding hydrogens is 296 g/mol. The van der Waals surface area contributed by atoms with Crippen LogP contribution in [0.2, 0.25) is 0 Å². The molecule has 1 aromatic carbocycles. The average molecular weight is 318 g/mol. The summed E-state index contributed by atoms with van der Waals surface area (Å²) in [7, 11) is 1.59. The predicted octanol–water partition coefficient (Wildman–Crippen LogP) is 1.39. The van der Waals surface area contributed by atoms with Gasteiger partial charge in [0.15, 0.2) is 0 Å². The van der Waals surface area contributed by atoms with E-state index in [1.807, 2.05) is 0 Å². The Labute approximate surface area is 136 Å². The van der Waals surface area contributed by atoms with Crippen LogP contribution < -0.4 is 14.8 Å². The minimum Gasteiger partial charge on any atom is -0.497 e. The first-order valence-corrected chi connectivity index (χ1v) is 7.18. The lowest BCUT2D eigenvalue weighted by Crippen LogP contribution is -2.44. The average Bonchev–Trinajstić information content (AvgIpc) is 2.58. The first kappa shape index (κ1) is 18.3. The summed E-state index contributed by atoms with van der Waals surface area (Å²) < 4.78 is 10.5. The molecular formula is C17H22N2O4. The third-order valence-corrected chi connectivity index (χ3v) is 2.90. The van der Waals surface area contributed by atoms with E-state index in [1.54, 1.807) is 43.5 Å². The van der Waals surface area contributed by atoms with Gasteiger partial charge in [-0.2, -0.15) is 0 Å². The summed E-state index contributed by atoms with van der Waals surface area (Å²) in [5.41, 5.74) is 0. The van der Waals surface area contributed by atoms with Crippen LogP contribution in [0.5, 0.6) is 11.5 Å². The molecule has 6 nitrogen and oxygen atoms in total. The number of hydrogen-bond acceptors (Lipinski definition) is 4. The van der Waals surface area contributed by atoms with Gasteiger partial charge in [0.25, 0.3) is 0 Å². The Hall–Kier alpha value is -2.76. The molecule has 0 spiro atoms. The van der Waals surface area contributed by atoms with Crippen molar-refractivity contribution in [3.63, 3.8) is 0 Å². The van der Waals surface area contributed by atoms with Crippen molar-refractivity contribution < 1.29 is 19.1 Å². The fourth-order valence-corrected chi connectivity index (χ4v) is 1.78. The fraction of sp³-hybridized carbons (Fsp3) is 0.294. The van der Waals surface area contributed by atoms with Crippen LogP contribution in [0.4, 0.5) is 0 Å². The normalized spacial score (nSPS) is 9.61. The van der Waals surface area contributed by atoms with Crippen molar-refractivity contribution in [1.29, 1.82) is 0 Å². The minimum atomic E-state index is -0.674. The van der Waals surface area contributed by atoms with E-state index in [2.05, 4.69) is 18.5 Å². The first-order valence-electron chi connectivity index (χ1n) is 7.18. The van der Waals surface area contributed by atoms with Crippen LogP contribution in [0.25, 0.3) is 0 Å². The zero-order valence-electron chi connectivity index (χ0n) is 13.3. The smallest absolute Gasteiger partial charge is 0.312 e. The van der Waals surface area contributed by atoms with Gasteiger partial charge in [0.2, 0.25) is 0 Å². The lowest BCUT2D eigenvalue weighted by Gasteiger charge is -2.18. The van der Waals surface area contributed by atoms with Gasteiger partial charge in [0.05, 0.1) is 13.7 Å². The van der Waals surface area contributed by atoms with Gasteiger partial charge in [0, 0.05) is 13.1 Å². The third kappa shape index (κ3) is 6.25. The molecule has 6 heteroatoms. The Balaban J connectivity index is 2.35. The molecule has 0 heterocycles. The van der Waals surface area contributed by atoms with Crippen molar-refractivity contribution in [3.8, 4) is 11.5 Å². The Morgan fingerprint density at radius 3 is 2.22 bits per heavy atom. The molecule has 0 fully saturated rings. The molecule has 23 heavy (non-hydrogen) atoms. The van der Waals surface area contributed by atoms with Crippen LogP contribution >= 0.6 is 0 Å². The van der Waals surface area contributed by atoms with E-state index >= 15 is 0 Å². The van der Waals surface area contributed by atoms with Gasteiger partial charge in [-0.05, 0) is 24.3 Å². The zero-order chi connectivity index (χ0) is 17.1. The standard InChI is InChI=1S/C17H22N2O4/c1-4-11-19(12-5-2)17(21)16(20)18-10-13-23-15-8-6-14(22-3)7-9-15/h4-9H,1-2,10-13H2,3H3,(H,18,20). The van der Waals surface area contributed by atoms with Crippen molar-refractivity contribution in [3.05, 3.63) is 49.6 Å². The summed E-state index contributed by atoms with van der Waals surface area (Å²) in [6, 6.07) is 7.09. The first-order chi connectivity index (χ1) is 11.1. The molecule has 1 rings (SSSR count). The number of carbonyl (C=O) groups is 2. The highest BCUT2D eigenvalue weighted by atomic mass is 16.5. The second-order valence-electron chi connectivity index (χ2n) is 4.57. The van der Waals surface area contributed by atoms with Gasteiger partial charge in [-0.15, -0.1) is 13.2 Å². The van der Waals surface area contributed by atoms with Gasteiger partial charge in [-0.1, -0.05) is 12.2 Å². The van der Waals surface area contributed by atoms with E-state index in [1.165, 1.54) is 4.90 Å². The van der Waals surface area contributed by atoms with Crippen LogP contribution in [0.15, 0.2) is 49.6 Å². The van der Waals surface area contributed by atoms with Gasteiger partial charge in [0.1, 0.15) is 18.1 Å². The predicted molar refractivity (Wildman–Crippen MR) is 88.5 cm³/mol. The van der Waals surface area contributed by atoms with E-state index in [4.69, 9.17) is 9.47 Å². The summed E-state index contributed by atoms with van der Waals surface area (Å²) in [5.74, 6) is 0.105. The molecule has 0 unspecified atom stereocenters. The highest BCUT2D eigenvalue weighted by Gasteiger charge is 2.19. The van der Waals surface area contributed by atoms with Crippen LogP contribution in [0, 0.1) is 0 Å². The molecule has 0 atom stereocenters. The third-order valence-electron chi connectivity index (χ3n) is 2.90. The largest absolute Gasteiger partial charge is 0.497 e. The number of carbonyl (C=O) groups excluding carboxylic acids is 2. The number of benzene rings is 1. The Morgan fingerprint density at radius 1 is 1.13 bits per heavy atom. The van der Waals surface area contributed by atoms with Gasteiger partial charge < -0.3 is 19.7 Å². The van der Waals surface area contributed by atoms with E-state index in [0.29, 0.717) is 18.8 Å². The number of rotatable bonds is 9. The monoisotopic (exact) mass is 318 g/mol. The lowest BCUT2D eigenvalue weighted by molar-refractivity contribution is -0.145. The summed E-state index contributed by atoms with van der Waals surface area (Å²) in [5, 5.41) is 2.52. The summed E-state index contributed by atoms with van der Waals surface area (Å²) in [6.07, 6.45) is 3.11. The van der Waals surface area contributed by atoms with Crippen LogP contribution in [-0.4, -0.2) is 50.1 Å². The molecule has 124 valence electrons. The maximum Gasteiger partial charge on any atom is 0.312 e. The number of ether oxygens (including phenoxy) is 2. The number of nitrogens with one attached hydrogen (secondary N) is 1. The van der Waals surface area contributed by atoms with E-state index in [-0.39, 0.29) is 13.2 Å². The molecule has 0 bridgehead atoms. The van der Waals surface area contributed by atoms with Crippen molar-refractivity contribution in [2.24, 2.45) is 0 Å². The maximum atomic E-state index is 11.9. The minimum absolute atomic E-state index is 0.229. The van der Waals surface area contributed by atoms with Crippen LogP contribution in [-0.2, 0) is 9.59 Å². The van der Waals surface area contributed by atoms with E-state index < -0.39 is 11.8 Å². The molecule has 0 saturated carbocycles. The summed E-state index contributed by atoms with van der Waals surface area (Å²) >= 11 is 0. The SMILES string of the molecule is C=CCN(CC=C)C(=O)C(=O)NCCOc1ccc(OC)cc1. The van der Waals surface area contributed by atoms with Gasteiger partial charge >= 0.3 is 11.8 Å². The topological polar surface area (TPSA) is 67.9 Å². The second kappa shape index (κ2) is 10.0. The summed E-state index contributed by atoms with van der Waals surface area (Å²) in [4.78, 5) is 25.1. The lowest BCUT2D eigenvalue weighted by atomic mass is 10.3. The van der Waals surface area contributed by atoms with Crippen molar-refractivity contribution in [2.75, 3.05) is 33.4 Å². The quantitative estimate of drug-likeness (QED) is 0.424. The molecule has 0 saturated heterocycles. The molecule has 0 aliphatic carbocycles. The molecule has 0 aliphatic rings.